The van der Waals surface area contributed by atoms with Gasteiger partial charge in [-0.1, -0.05) is 11.6 Å². The predicted molar refractivity (Wildman–Crippen MR) is 102 cm³/mol. The highest BCUT2D eigenvalue weighted by atomic mass is 35.5. The van der Waals surface area contributed by atoms with Crippen molar-refractivity contribution in [2.45, 2.75) is 24.2 Å². The molecule has 1 aliphatic carbocycles. The number of nitrogens with one attached hydrogen (secondary N) is 1. The third-order valence-corrected chi connectivity index (χ3v) is 6.38. The monoisotopic (exact) mass is 420 g/mol. The van der Waals surface area contributed by atoms with E-state index in [1.165, 1.54) is 12.1 Å². The van der Waals surface area contributed by atoms with Crippen molar-refractivity contribution in [1.29, 1.82) is 0 Å². The lowest BCUT2D eigenvalue weighted by molar-refractivity contribution is -0.385. The molecule has 0 bridgehead atoms. The highest BCUT2D eigenvalue weighted by Gasteiger charge is 2.26. The number of hydrogen-bond donors (Lipinski definition) is 1. The number of nitro groups is 1. The number of furan rings is 1. The summed E-state index contributed by atoms with van der Waals surface area (Å²) < 4.78 is 33.5. The highest BCUT2D eigenvalue weighted by Crippen LogP contribution is 2.34. The quantitative estimate of drug-likeness (QED) is 0.496. The number of sulfonamides is 1. The number of carbonyl (C=O) groups is 1. The maximum Gasteiger partial charge on any atom is 0.270 e. The first-order chi connectivity index (χ1) is 13.3. The average Bonchev–Trinajstić information content (AvgIpc) is 3.00. The maximum atomic E-state index is 12.7. The summed E-state index contributed by atoms with van der Waals surface area (Å²) in [7, 11) is -4.19. The van der Waals surface area contributed by atoms with Crippen molar-refractivity contribution in [3.63, 3.8) is 0 Å². The van der Waals surface area contributed by atoms with Crippen LogP contribution in [0.2, 0.25) is 5.02 Å². The summed E-state index contributed by atoms with van der Waals surface area (Å²) in [6.45, 7) is 0. The summed E-state index contributed by atoms with van der Waals surface area (Å²) in [4.78, 5) is 22.1. The van der Waals surface area contributed by atoms with E-state index in [1.54, 1.807) is 6.07 Å². The Morgan fingerprint density at radius 2 is 1.93 bits per heavy atom. The number of ketones is 1. The Labute approximate surface area is 164 Å². The number of hydrogen-bond acceptors (Lipinski definition) is 6. The number of anilines is 1. The van der Waals surface area contributed by atoms with Gasteiger partial charge in [-0.15, -0.1) is 0 Å². The fraction of sp³-hybridized carbons (Fsp3) is 0.167. The molecule has 10 heteroatoms. The lowest BCUT2D eigenvalue weighted by atomic mass is 9.94. The van der Waals surface area contributed by atoms with Crippen molar-refractivity contribution >= 4 is 49.8 Å². The number of nitro benzene ring substituents is 1. The van der Waals surface area contributed by atoms with Gasteiger partial charge in [0.1, 0.15) is 16.2 Å². The minimum absolute atomic E-state index is 0.0401. The largest absolute Gasteiger partial charge is 0.460 e. The van der Waals surface area contributed by atoms with Crippen LogP contribution in [0.15, 0.2) is 45.7 Å². The minimum atomic E-state index is -4.19. The second kappa shape index (κ2) is 6.61. The lowest BCUT2D eigenvalue weighted by Gasteiger charge is -2.10. The highest BCUT2D eigenvalue weighted by molar-refractivity contribution is 7.92. The standard InChI is InChI=1S/C18H13ClN2O6S/c19-13-6-5-11(21(23)24)9-17(13)28(25,26)20-10-4-7-15-12(8-10)18-14(22)2-1-3-16(18)27-15/h4-9,20H,1-3H2. The van der Waals surface area contributed by atoms with Gasteiger partial charge in [0.05, 0.1) is 15.5 Å². The summed E-state index contributed by atoms with van der Waals surface area (Å²) in [6, 6.07) is 7.76. The summed E-state index contributed by atoms with van der Waals surface area (Å²) in [5.41, 5.74) is 0.777. The molecule has 0 atom stereocenters. The first kappa shape index (κ1) is 18.5. The third-order valence-electron chi connectivity index (χ3n) is 4.51. The fourth-order valence-corrected chi connectivity index (χ4v) is 4.82. The first-order valence-corrected chi connectivity index (χ1v) is 10.2. The van der Waals surface area contributed by atoms with Crippen LogP contribution in [0.25, 0.3) is 11.0 Å². The Morgan fingerprint density at radius 1 is 1.14 bits per heavy atom. The lowest BCUT2D eigenvalue weighted by Crippen LogP contribution is -2.14. The summed E-state index contributed by atoms with van der Waals surface area (Å²) in [5.74, 6) is 0.565. The second-order valence-corrected chi connectivity index (χ2v) is 8.42. The van der Waals surface area contributed by atoms with Crippen LogP contribution >= 0.6 is 11.6 Å². The van der Waals surface area contributed by atoms with E-state index in [2.05, 4.69) is 4.72 Å². The topological polar surface area (TPSA) is 120 Å². The van der Waals surface area contributed by atoms with Crippen LogP contribution in [-0.2, 0) is 16.4 Å². The van der Waals surface area contributed by atoms with Crippen LogP contribution in [0.5, 0.6) is 0 Å². The van der Waals surface area contributed by atoms with Crippen molar-refractivity contribution in [3.05, 3.63) is 62.9 Å². The van der Waals surface area contributed by atoms with E-state index in [-0.39, 0.29) is 16.5 Å². The molecule has 1 heterocycles. The molecule has 0 spiro atoms. The van der Waals surface area contributed by atoms with Gasteiger partial charge in [0.2, 0.25) is 0 Å². The molecule has 3 aromatic rings. The zero-order chi connectivity index (χ0) is 20.1. The number of nitrogens with zero attached hydrogens (tertiary/aromatic N) is 1. The molecule has 28 heavy (non-hydrogen) atoms. The molecule has 1 aromatic heterocycles. The number of fused-ring (bicyclic) bond motifs is 3. The Bertz CT molecular complexity index is 1250. The van der Waals surface area contributed by atoms with Crippen LogP contribution in [0, 0.1) is 10.1 Å². The molecule has 1 N–H and O–H groups in total. The third kappa shape index (κ3) is 3.12. The van der Waals surface area contributed by atoms with Gasteiger partial charge in [-0.2, -0.15) is 0 Å². The molecular weight excluding hydrogens is 408 g/mol. The summed E-state index contributed by atoms with van der Waals surface area (Å²) in [6.07, 6.45) is 1.79. The number of benzene rings is 2. The molecule has 0 saturated heterocycles. The summed E-state index contributed by atoms with van der Waals surface area (Å²) >= 11 is 5.94. The van der Waals surface area contributed by atoms with Gasteiger partial charge in [0, 0.05) is 36.0 Å². The van der Waals surface area contributed by atoms with Gasteiger partial charge < -0.3 is 4.42 Å². The number of rotatable bonds is 4. The van der Waals surface area contributed by atoms with Gasteiger partial charge in [0.15, 0.2) is 5.78 Å². The van der Waals surface area contributed by atoms with E-state index < -0.39 is 25.5 Å². The molecule has 0 aliphatic heterocycles. The first-order valence-electron chi connectivity index (χ1n) is 8.31. The fourth-order valence-electron chi connectivity index (χ4n) is 3.25. The molecule has 8 nitrogen and oxygen atoms in total. The van der Waals surface area contributed by atoms with Crippen LogP contribution < -0.4 is 4.72 Å². The van der Waals surface area contributed by atoms with Crippen molar-refractivity contribution in [1.82, 2.24) is 0 Å². The Balaban J connectivity index is 1.75. The zero-order valence-electron chi connectivity index (χ0n) is 14.3. The molecule has 0 saturated carbocycles. The number of Topliss-reactive ketones (excluding diaryl/α,β-unsaturated/α-hetero) is 1. The van der Waals surface area contributed by atoms with Gasteiger partial charge >= 0.3 is 0 Å². The number of non-ortho nitro benzene ring substituents is 1. The number of carbonyl (C=O) groups excluding carboxylic acids is 1. The molecule has 0 fully saturated rings. The van der Waals surface area contributed by atoms with Crippen LogP contribution in [0.4, 0.5) is 11.4 Å². The second-order valence-electron chi connectivity index (χ2n) is 6.37. The maximum absolute atomic E-state index is 12.7. The molecular formula is C18H13ClN2O6S. The van der Waals surface area contributed by atoms with Crippen molar-refractivity contribution < 1.29 is 22.6 Å². The molecule has 4 rings (SSSR count). The van der Waals surface area contributed by atoms with Crippen molar-refractivity contribution in [3.8, 4) is 0 Å². The molecule has 1 aliphatic rings. The van der Waals surface area contributed by atoms with Crippen LogP contribution in [0.3, 0.4) is 0 Å². The Morgan fingerprint density at radius 3 is 2.68 bits per heavy atom. The predicted octanol–water partition coefficient (Wildman–Crippen LogP) is 4.31. The van der Waals surface area contributed by atoms with E-state index in [1.807, 2.05) is 0 Å². The van der Waals surface area contributed by atoms with Crippen molar-refractivity contribution in [2.24, 2.45) is 0 Å². The zero-order valence-corrected chi connectivity index (χ0v) is 15.8. The van der Waals surface area contributed by atoms with Crippen molar-refractivity contribution in [2.75, 3.05) is 4.72 Å². The molecule has 2 aromatic carbocycles. The van der Waals surface area contributed by atoms with Crippen LogP contribution in [0.1, 0.15) is 29.0 Å². The normalized spacial score (nSPS) is 14.1. The Kier molecular flexibility index (Phi) is 4.35. The van der Waals surface area contributed by atoms with Gasteiger partial charge in [-0.05, 0) is 30.7 Å². The number of halogens is 1. The molecule has 144 valence electrons. The van der Waals surface area contributed by atoms with E-state index in [4.69, 9.17) is 16.0 Å². The minimum Gasteiger partial charge on any atom is -0.460 e. The SMILES string of the molecule is O=C1CCCc2oc3ccc(NS(=O)(=O)c4cc([N+](=O)[O-])ccc4Cl)cc3c21. The smallest absolute Gasteiger partial charge is 0.270 e. The molecule has 0 unspecified atom stereocenters. The van der Waals surface area contributed by atoms with Gasteiger partial charge in [-0.25, -0.2) is 8.42 Å². The van der Waals surface area contributed by atoms with Gasteiger partial charge in [-0.3, -0.25) is 19.6 Å². The van der Waals surface area contributed by atoms with E-state index in [0.29, 0.717) is 35.1 Å². The summed E-state index contributed by atoms with van der Waals surface area (Å²) in [5, 5.41) is 11.3. The number of aryl methyl sites for hydroxylation is 1. The van der Waals surface area contributed by atoms with E-state index in [0.717, 1.165) is 24.6 Å². The van der Waals surface area contributed by atoms with Crippen LogP contribution in [-0.4, -0.2) is 19.1 Å². The van der Waals surface area contributed by atoms with E-state index >= 15 is 0 Å². The Hall–Kier alpha value is -2.91. The molecule has 0 radical (unpaired) electrons. The molecule has 0 amide bonds. The average molecular weight is 421 g/mol. The van der Waals surface area contributed by atoms with Gasteiger partial charge in [0.25, 0.3) is 15.7 Å². The van der Waals surface area contributed by atoms with E-state index in [9.17, 15) is 23.3 Å².